The van der Waals surface area contributed by atoms with E-state index < -0.39 is 0 Å². The molecule has 1 aliphatic heterocycles. The van der Waals surface area contributed by atoms with E-state index in [4.69, 9.17) is 4.99 Å². The summed E-state index contributed by atoms with van der Waals surface area (Å²) in [6, 6.07) is 6.72. The van der Waals surface area contributed by atoms with Crippen LogP contribution >= 0.6 is 11.3 Å². The minimum Gasteiger partial charge on any atom is -0.368 e. The Labute approximate surface area is 164 Å². The molecule has 27 heavy (non-hydrogen) atoms. The van der Waals surface area contributed by atoms with Crippen LogP contribution in [0, 0.1) is 5.82 Å². The third-order valence-electron chi connectivity index (χ3n) is 4.42. The molecular weight excluding hydrogens is 363 g/mol. The average Bonchev–Trinajstić information content (AvgIpc) is 3.15. The van der Waals surface area contributed by atoms with Gasteiger partial charge in [-0.15, -0.1) is 11.3 Å². The number of nitrogens with zero attached hydrogens (tertiary/aromatic N) is 5. The van der Waals surface area contributed by atoms with Gasteiger partial charge in [0.05, 0.1) is 12.2 Å². The predicted octanol–water partition coefficient (Wildman–Crippen LogP) is 2.64. The summed E-state index contributed by atoms with van der Waals surface area (Å²) in [6.45, 7) is 7.01. The highest BCUT2D eigenvalue weighted by atomic mass is 32.1. The number of nitrogens with one attached hydrogen (secondary N) is 1. The molecule has 1 N–H and O–H groups in total. The summed E-state index contributed by atoms with van der Waals surface area (Å²) in [7, 11) is 3.99. The van der Waals surface area contributed by atoms with Gasteiger partial charge in [-0.3, -0.25) is 0 Å². The average molecular weight is 391 g/mol. The van der Waals surface area contributed by atoms with E-state index in [1.165, 1.54) is 12.1 Å². The summed E-state index contributed by atoms with van der Waals surface area (Å²) in [5.41, 5.74) is 2.06. The van der Waals surface area contributed by atoms with Crippen molar-refractivity contribution in [2.45, 2.75) is 13.5 Å². The molecule has 2 aromatic rings. The molecule has 1 fully saturated rings. The zero-order valence-corrected chi connectivity index (χ0v) is 17.0. The van der Waals surface area contributed by atoms with Crippen molar-refractivity contribution in [3.8, 4) is 0 Å². The van der Waals surface area contributed by atoms with Gasteiger partial charge in [-0.1, -0.05) is 0 Å². The maximum atomic E-state index is 13.1. The van der Waals surface area contributed by atoms with Crippen LogP contribution in [0.1, 0.15) is 12.6 Å². The Morgan fingerprint density at radius 1 is 1.22 bits per heavy atom. The number of benzene rings is 1. The molecule has 2 heterocycles. The molecule has 0 bridgehead atoms. The first-order chi connectivity index (χ1) is 13.1. The highest BCUT2D eigenvalue weighted by molar-refractivity contribution is 7.13. The number of anilines is 2. The smallest absolute Gasteiger partial charge is 0.194 e. The van der Waals surface area contributed by atoms with E-state index in [0.717, 1.165) is 55.2 Å². The molecule has 0 unspecified atom stereocenters. The number of hydrogen-bond acceptors (Lipinski definition) is 5. The summed E-state index contributed by atoms with van der Waals surface area (Å²) in [5, 5.41) is 6.45. The molecular formula is C19H27FN6S. The predicted molar refractivity (Wildman–Crippen MR) is 111 cm³/mol. The first-order valence-corrected chi connectivity index (χ1v) is 10.1. The van der Waals surface area contributed by atoms with Crippen LogP contribution in [-0.4, -0.2) is 62.7 Å². The van der Waals surface area contributed by atoms with E-state index in [-0.39, 0.29) is 5.82 Å². The number of thiazole rings is 1. The van der Waals surface area contributed by atoms with Crippen LogP contribution in [0.4, 0.5) is 15.2 Å². The number of aliphatic imine (C=N–C) groups is 1. The van der Waals surface area contributed by atoms with Gasteiger partial charge in [0, 0.05) is 57.9 Å². The van der Waals surface area contributed by atoms with Crippen molar-refractivity contribution < 1.29 is 4.39 Å². The van der Waals surface area contributed by atoms with Crippen molar-refractivity contribution >= 4 is 28.1 Å². The second-order valence-corrected chi connectivity index (χ2v) is 7.47. The van der Waals surface area contributed by atoms with Crippen molar-refractivity contribution in [1.29, 1.82) is 0 Å². The van der Waals surface area contributed by atoms with Crippen LogP contribution in [0.5, 0.6) is 0 Å². The molecule has 1 aromatic carbocycles. The topological polar surface area (TPSA) is 47.0 Å². The van der Waals surface area contributed by atoms with Crippen molar-refractivity contribution in [3.05, 3.63) is 41.2 Å². The van der Waals surface area contributed by atoms with Crippen molar-refractivity contribution in [3.63, 3.8) is 0 Å². The van der Waals surface area contributed by atoms with Gasteiger partial charge < -0.3 is 20.0 Å². The van der Waals surface area contributed by atoms with Crippen LogP contribution in [0.25, 0.3) is 0 Å². The first-order valence-electron chi connectivity index (χ1n) is 9.22. The molecule has 1 aliphatic rings. The lowest BCUT2D eigenvalue weighted by molar-refractivity contribution is 0.372. The van der Waals surface area contributed by atoms with Crippen LogP contribution in [0.2, 0.25) is 0 Å². The normalized spacial score (nSPS) is 15.2. The minimum atomic E-state index is -0.196. The Balaban J connectivity index is 1.60. The molecule has 0 amide bonds. The maximum absolute atomic E-state index is 13.1. The van der Waals surface area contributed by atoms with Gasteiger partial charge in [-0.05, 0) is 31.2 Å². The van der Waals surface area contributed by atoms with Crippen LogP contribution < -0.4 is 15.1 Å². The molecule has 0 radical (unpaired) electrons. The van der Waals surface area contributed by atoms with E-state index in [0.29, 0.717) is 6.54 Å². The SMILES string of the molecule is CCNC(=NCc1csc(N(C)C)n1)N1CCN(c2ccc(F)cc2)CC1. The summed E-state index contributed by atoms with van der Waals surface area (Å²) in [5.74, 6) is 0.731. The summed E-state index contributed by atoms with van der Waals surface area (Å²) in [4.78, 5) is 15.9. The zero-order valence-electron chi connectivity index (χ0n) is 16.2. The molecule has 1 saturated heterocycles. The second-order valence-electron chi connectivity index (χ2n) is 6.64. The summed E-state index contributed by atoms with van der Waals surface area (Å²) >= 11 is 1.64. The monoisotopic (exact) mass is 390 g/mol. The third kappa shape index (κ3) is 5.09. The van der Waals surface area contributed by atoms with Gasteiger partial charge in [0.1, 0.15) is 5.82 Å². The number of hydrogen-bond donors (Lipinski definition) is 1. The van der Waals surface area contributed by atoms with Gasteiger partial charge in [0.15, 0.2) is 11.1 Å². The standard InChI is InChI=1S/C19H27FN6S/c1-4-21-18(22-13-16-14-27-19(23-16)24(2)3)26-11-9-25(10-12-26)17-7-5-15(20)6-8-17/h5-8,14H,4,9-13H2,1-3H3,(H,21,22). The molecule has 0 spiro atoms. The quantitative estimate of drug-likeness (QED) is 0.628. The van der Waals surface area contributed by atoms with Crippen LogP contribution in [0.3, 0.4) is 0 Å². The Hall–Kier alpha value is -2.35. The fourth-order valence-corrected chi connectivity index (χ4v) is 3.73. The van der Waals surface area contributed by atoms with Gasteiger partial charge in [0.2, 0.25) is 0 Å². The maximum Gasteiger partial charge on any atom is 0.194 e. The minimum absolute atomic E-state index is 0.196. The van der Waals surface area contributed by atoms with Gasteiger partial charge in [0.25, 0.3) is 0 Å². The molecule has 0 saturated carbocycles. The molecule has 146 valence electrons. The molecule has 0 aliphatic carbocycles. The largest absolute Gasteiger partial charge is 0.368 e. The Morgan fingerprint density at radius 2 is 1.93 bits per heavy atom. The fourth-order valence-electron chi connectivity index (χ4n) is 2.98. The Morgan fingerprint density at radius 3 is 2.52 bits per heavy atom. The fraction of sp³-hybridized carbons (Fsp3) is 0.474. The first kappa shape index (κ1) is 19.4. The number of halogens is 1. The number of aromatic nitrogens is 1. The van der Waals surface area contributed by atoms with Crippen molar-refractivity contribution in [2.75, 3.05) is 56.6 Å². The van der Waals surface area contributed by atoms with Crippen LogP contribution in [0.15, 0.2) is 34.6 Å². The highest BCUT2D eigenvalue weighted by Crippen LogP contribution is 2.19. The lowest BCUT2D eigenvalue weighted by Crippen LogP contribution is -2.52. The number of guanidine groups is 1. The van der Waals surface area contributed by atoms with Gasteiger partial charge in [-0.25, -0.2) is 14.4 Å². The molecule has 0 atom stereocenters. The number of rotatable bonds is 5. The van der Waals surface area contributed by atoms with Gasteiger partial charge in [-0.2, -0.15) is 0 Å². The molecule has 8 heteroatoms. The lowest BCUT2D eigenvalue weighted by atomic mass is 10.2. The van der Waals surface area contributed by atoms with E-state index in [9.17, 15) is 4.39 Å². The summed E-state index contributed by atoms with van der Waals surface area (Å²) in [6.07, 6.45) is 0. The van der Waals surface area contributed by atoms with Crippen molar-refractivity contribution in [2.24, 2.45) is 4.99 Å². The lowest BCUT2D eigenvalue weighted by Gasteiger charge is -2.37. The zero-order chi connectivity index (χ0) is 19.2. The van der Waals surface area contributed by atoms with E-state index in [1.807, 2.05) is 31.1 Å². The summed E-state index contributed by atoms with van der Waals surface area (Å²) < 4.78 is 13.1. The Bertz CT molecular complexity index is 750. The van der Waals surface area contributed by atoms with E-state index in [1.54, 1.807) is 11.3 Å². The van der Waals surface area contributed by atoms with Crippen molar-refractivity contribution in [1.82, 2.24) is 15.2 Å². The molecule has 3 rings (SSSR count). The third-order valence-corrected chi connectivity index (χ3v) is 5.48. The number of piperazine rings is 1. The molecule has 1 aromatic heterocycles. The molecule has 6 nitrogen and oxygen atoms in total. The van der Waals surface area contributed by atoms with E-state index >= 15 is 0 Å². The van der Waals surface area contributed by atoms with Gasteiger partial charge >= 0.3 is 0 Å². The second kappa shape index (κ2) is 9.03. The van der Waals surface area contributed by atoms with Crippen LogP contribution in [-0.2, 0) is 6.54 Å². The highest BCUT2D eigenvalue weighted by Gasteiger charge is 2.20. The van der Waals surface area contributed by atoms with E-state index in [2.05, 4.69) is 32.4 Å². The Kier molecular flexibility index (Phi) is 6.49.